The lowest BCUT2D eigenvalue weighted by Crippen LogP contribution is -2.39. The molecule has 0 bridgehead atoms. The second kappa shape index (κ2) is 9.43. The van der Waals surface area contributed by atoms with Gasteiger partial charge < -0.3 is 9.64 Å². The number of nitrogens with zero attached hydrogens (tertiary/aromatic N) is 2. The Kier molecular flexibility index (Phi) is 6.92. The zero-order valence-electron chi connectivity index (χ0n) is 17.7. The van der Waals surface area contributed by atoms with E-state index in [4.69, 9.17) is 4.74 Å². The maximum absolute atomic E-state index is 12.1. The number of pyridine rings is 1. The number of carbonyl (C=O) groups is 1. The number of rotatable bonds is 6. The average Bonchev–Trinajstić information content (AvgIpc) is 2.72. The molecular weight excluding hydrogens is 400 g/mol. The number of ether oxygens (including phenoxy) is 1. The second-order valence-electron chi connectivity index (χ2n) is 7.98. The Bertz CT molecular complexity index is 1000. The highest BCUT2D eigenvalue weighted by Crippen LogP contribution is 2.23. The van der Waals surface area contributed by atoms with Gasteiger partial charge in [-0.2, -0.15) is 0 Å². The van der Waals surface area contributed by atoms with Crippen LogP contribution in [0.2, 0.25) is 0 Å². The minimum Gasteiger partial charge on any atom is -0.492 e. The molecule has 1 aromatic heterocycles. The van der Waals surface area contributed by atoms with Crippen LogP contribution < -0.4 is 4.74 Å². The first-order chi connectivity index (χ1) is 14.2. The van der Waals surface area contributed by atoms with Crippen molar-refractivity contribution < 1.29 is 17.9 Å². The zero-order chi connectivity index (χ0) is 21.7. The molecule has 30 heavy (non-hydrogen) atoms. The predicted octanol–water partition coefficient (Wildman–Crippen LogP) is 3.74. The van der Waals surface area contributed by atoms with Gasteiger partial charge in [-0.25, -0.2) is 8.42 Å². The smallest absolute Gasteiger partial charge is 0.246 e. The van der Waals surface area contributed by atoms with Gasteiger partial charge in [0, 0.05) is 31.0 Å². The van der Waals surface area contributed by atoms with Crippen LogP contribution in [0.5, 0.6) is 5.75 Å². The molecule has 1 aliphatic heterocycles. The van der Waals surface area contributed by atoms with Gasteiger partial charge in [0.15, 0.2) is 9.84 Å². The Labute approximate surface area is 178 Å². The summed E-state index contributed by atoms with van der Waals surface area (Å²) in [6.45, 7) is 5.99. The summed E-state index contributed by atoms with van der Waals surface area (Å²) >= 11 is 0. The number of amides is 1. The van der Waals surface area contributed by atoms with Crippen LogP contribution in [-0.4, -0.2) is 50.2 Å². The summed E-state index contributed by atoms with van der Waals surface area (Å²) in [6.07, 6.45) is 6.43. The third kappa shape index (κ3) is 5.92. The van der Waals surface area contributed by atoms with Gasteiger partial charge in [0.25, 0.3) is 0 Å². The molecule has 1 amide bonds. The highest BCUT2D eigenvalue weighted by molar-refractivity contribution is 7.90. The highest BCUT2D eigenvalue weighted by atomic mass is 32.2. The lowest BCUT2D eigenvalue weighted by Gasteiger charge is -2.31. The number of likely N-dealkylation sites (tertiary alicyclic amines) is 1. The predicted molar refractivity (Wildman–Crippen MR) is 117 cm³/mol. The number of piperidine rings is 1. The van der Waals surface area contributed by atoms with Crippen molar-refractivity contribution in [1.29, 1.82) is 0 Å². The van der Waals surface area contributed by atoms with Crippen molar-refractivity contribution in [3.63, 3.8) is 0 Å². The van der Waals surface area contributed by atoms with Crippen LogP contribution in [0.4, 0.5) is 0 Å². The zero-order valence-corrected chi connectivity index (χ0v) is 18.5. The van der Waals surface area contributed by atoms with E-state index in [2.05, 4.69) is 4.98 Å². The lowest BCUT2D eigenvalue weighted by atomic mass is 9.97. The molecule has 0 N–H and O–H groups in total. The Balaban J connectivity index is 1.51. The first kappa shape index (κ1) is 22.0. The molecule has 0 spiro atoms. The van der Waals surface area contributed by atoms with Crippen LogP contribution in [0, 0.1) is 5.92 Å². The van der Waals surface area contributed by atoms with E-state index in [1.165, 1.54) is 6.26 Å². The first-order valence-corrected chi connectivity index (χ1v) is 11.9. The van der Waals surface area contributed by atoms with Gasteiger partial charge in [0.05, 0.1) is 23.4 Å². The van der Waals surface area contributed by atoms with Crippen molar-refractivity contribution in [3.8, 4) is 17.0 Å². The van der Waals surface area contributed by atoms with Crippen molar-refractivity contribution in [2.75, 3.05) is 26.0 Å². The van der Waals surface area contributed by atoms with E-state index in [-0.39, 0.29) is 5.91 Å². The Morgan fingerprint density at radius 1 is 1.13 bits per heavy atom. The van der Waals surface area contributed by atoms with E-state index in [9.17, 15) is 13.2 Å². The number of hydrogen-bond acceptors (Lipinski definition) is 5. The number of allylic oxidation sites excluding steroid dienone is 1. The van der Waals surface area contributed by atoms with E-state index < -0.39 is 9.84 Å². The maximum Gasteiger partial charge on any atom is 0.246 e. The van der Waals surface area contributed by atoms with Crippen molar-refractivity contribution in [2.45, 2.75) is 31.6 Å². The molecule has 0 atom stereocenters. The lowest BCUT2D eigenvalue weighted by molar-refractivity contribution is -0.127. The molecular formula is C23H28N2O4S. The molecule has 0 unspecified atom stereocenters. The average molecular weight is 429 g/mol. The summed E-state index contributed by atoms with van der Waals surface area (Å²) in [7, 11) is -3.21. The molecule has 1 aromatic carbocycles. The van der Waals surface area contributed by atoms with Gasteiger partial charge in [0.2, 0.25) is 5.91 Å². The van der Waals surface area contributed by atoms with E-state index in [0.29, 0.717) is 23.2 Å². The number of carbonyl (C=O) groups excluding carboxylic acids is 1. The Morgan fingerprint density at radius 2 is 1.80 bits per heavy atom. The third-order valence-corrected chi connectivity index (χ3v) is 6.27. The van der Waals surface area contributed by atoms with Crippen molar-refractivity contribution >= 4 is 15.7 Å². The molecule has 0 saturated carbocycles. The fraction of sp³-hybridized carbons (Fsp3) is 0.391. The summed E-state index contributed by atoms with van der Waals surface area (Å²) in [4.78, 5) is 18.7. The fourth-order valence-electron chi connectivity index (χ4n) is 3.38. The molecule has 2 aromatic rings. The van der Waals surface area contributed by atoms with Gasteiger partial charge in [-0.1, -0.05) is 17.7 Å². The summed E-state index contributed by atoms with van der Waals surface area (Å²) in [5, 5.41) is 0. The van der Waals surface area contributed by atoms with Gasteiger partial charge >= 0.3 is 0 Å². The second-order valence-corrected chi connectivity index (χ2v) is 9.99. The Hall–Kier alpha value is -2.67. The highest BCUT2D eigenvalue weighted by Gasteiger charge is 2.22. The third-order valence-electron chi connectivity index (χ3n) is 5.14. The topological polar surface area (TPSA) is 76.6 Å². The molecule has 1 aliphatic rings. The maximum atomic E-state index is 12.1. The van der Waals surface area contributed by atoms with Crippen LogP contribution in [0.15, 0.2) is 59.1 Å². The van der Waals surface area contributed by atoms with Gasteiger partial charge in [0.1, 0.15) is 5.75 Å². The molecule has 3 rings (SSSR count). The SMILES string of the molecule is CC(C)=CC(=O)N1CCC(COc2ccc(-c3ccc(S(C)(=O)=O)cc3)nc2)CC1. The summed E-state index contributed by atoms with van der Waals surface area (Å²) in [5.41, 5.74) is 2.63. The van der Waals surface area contributed by atoms with Crippen molar-refractivity contribution in [2.24, 2.45) is 5.92 Å². The molecule has 1 fully saturated rings. The van der Waals surface area contributed by atoms with Crippen LogP contribution in [0.1, 0.15) is 26.7 Å². The van der Waals surface area contributed by atoms with Gasteiger partial charge in [-0.05, 0) is 56.9 Å². The van der Waals surface area contributed by atoms with E-state index in [0.717, 1.165) is 42.8 Å². The van der Waals surface area contributed by atoms with Crippen molar-refractivity contribution in [1.82, 2.24) is 9.88 Å². The van der Waals surface area contributed by atoms with Gasteiger partial charge in [-0.3, -0.25) is 9.78 Å². The van der Waals surface area contributed by atoms with Crippen LogP contribution >= 0.6 is 0 Å². The molecule has 1 saturated heterocycles. The largest absolute Gasteiger partial charge is 0.492 e. The minimum atomic E-state index is -3.21. The number of benzene rings is 1. The number of sulfone groups is 1. The summed E-state index contributed by atoms with van der Waals surface area (Å²) < 4.78 is 29.0. The van der Waals surface area contributed by atoms with Crippen molar-refractivity contribution in [3.05, 3.63) is 54.2 Å². The van der Waals surface area contributed by atoms with Crippen LogP contribution in [0.3, 0.4) is 0 Å². The molecule has 0 radical (unpaired) electrons. The molecule has 0 aliphatic carbocycles. The quantitative estimate of drug-likeness (QED) is 0.655. The number of hydrogen-bond donors (Lipinski definition) is 0. The number of aromatic nitrogens is 1. The minimum absolute atomic E-state index is 0.0960. The van der Waals surface area contributed by atoms with Crippen LogP contribution in [0.25, 0.3) is 11.3 Å². The van der Waals surface area contributed by atoms with Gasteiger partial charge in [-0.15, -0.1) is 0 Å². The molecule has 2 heterocycles. The van der Waals surface area contributed by atoms with E-state index in [1.807, 2.05) is 30.9 Å². The molecule has 160 valence electrons. The van der Waals surface area contributed by atoms with E-state index >= 15 is 0 Å². The summed E-state index contributed by atoms with van der Waals surface area (Å²) in [6, 6.07) is 10.4. The molecule has 7 heteroatoms. The van der Waals surface area contributed by atoms with E-state index in [1.54, 1.807) is 36.5 Å². The summed E-state index contributed by atoms with van der Waals surface area (Å²) in [5.74, 6) is 1.22. The first-order valence-electron chi connectivity index (χ1n) is 10.1. The monoisotopic (exact) mass is 428 g/mol. The normalized spacial score (nSPS) is 15.0. The van der Waals surface area contributed by atoms with Crippen LogP contribution in [-0.2, 0) is 14.6 Å². The standard InChI is InChI=1S/C23H28N2O4S/c1-17(2)14-23(26)25-12-10-18(11-13-25)16-29-20-6-9-22(24-15-20)19-4-7-21(8-5-19)30(3,27)28/h4-9,14-15,18H,10-13,16H2,1-3H3. The molecule has 6 nitrogen and oxygen atoms in total. The Morgan fingerprint density at radius 3 is 2.33 bits per heavy atom. The fourth-order valence-corrected chi connectivity index (χ4v) is 4.01.